The molecule has 3 amide bonds. The van der Waals surface area contributed by atoms with E-state index in [1.165, 1.54) is 5.01 Å². The number of benzene rings is 1. The minimum Gasteiger partial charge on any atom is -0.425 e. The maximum Gasteiger partial charge on any atom is 0.322 e. The van der Waals surface area contributed by atoms with Crippen molar-refractivity contribution in [2.75, 3.05) is 18.4 Å². The Labute approximate surface area is 221 Å². The van der Waals surface area contributed by atoms with Crippen molar-refractivity contribution in [2.24, 2.45) is 10.8 Å². The number of nitrogens with zero attached hydrogens (tertiary/aromatic N) is 6. The van der Waals surface area contributed by atoms with Crippen molar-refractivity contribution >= 4 is 23.3 Å². The second-order valence-corrected chi connectivity index (χ2v) is 9.63. The van der Waals surface area contributed by atoms with Crippen LogP contribution in [0.1, 0.15) is 66.5 Å². The van der Waals surface area contributed by atoms with E-state index in [2.05, 4.69) is 20.5 Å². The Bertz CT molecular complexity index is 1290. The maximum absolute atomic E-state index is 13.2. The number of aromatic nitrogens is 3. The van der Waals surface area contributed by atoms with Gasteiger partial charge in [0.05, 0.1) is 5.71 Å². The molecule has 38 heavy (non-hydrogen) atoms. The summed E-state index contributed by atoms with van der Waals surface area (Å²) in [7, 11) is 0. The molecule has 198 valence electrons. The molecule has 0 saturated carbocycles. The molecule has 3 aromatic rings. The molecule has 1 aromatic carbocycles. The van der Waals surface area contributed by atoms with E-state index in [9.17, 15) is 9.59 Å². The SMILES string of the molecule is Cc1nnc(C2CC(c3ccc(NC(=O)N4Cc5ccncc5C4)cc3)=NN(CCCCCCN)C2=O)o1. The number of carbonyl (C=O) groups is 2. The standard InChI is InChI=1S/C27H32N8O3/c1-18-31-32-25(38-18)23-14-24(33-35(26(23)36)13-5-3-2-4-11-28)19-6-8-22(9-7-19)30-27(37)34-16-20-10-12-29-15-21(20)17-34/h6-10,12,15,23H,2-5,11,13-14,16-17,28H2,1H3,(H,30,37). The van der Waals surface area contributed by atoms with E-state index in [-0.39, 0.29) is 11.9 Å². The van der Waals surface area contributed by atoms with Crippen LogP contribution in [0.5, 0.6) is 0 Å². The van der Waals surface area contributed by atoms with E-state index >= 15 is 0 Å². The number of nitrogens with one attached hydrogen (secondary N) is 1. The Morgan fingerprint density at radius 1 is 1.08 bits per heavy atom. The predicted octanol–water partition coefficient (Wildman–Crippen LogP) is 3.56. The van der Waals surface area contributed by atoms with E-state index in [4.69, 9.17) is 15.3 Å². The Morgan fingerprint density at radius 2 is 1.87 bits per heavy atom. The minimum absolute atomic E-state index is 0.137. The van der Waals surface area contributed by atoms with Crippen LogP contribution in [0.3, 0.4) is 0 Å². The summed E-state index contributed by atoms with van der Waals surface area (Å²) in [5, 5.41) is 17.2. The number of urea groups is 1. The van der Waals surface area contributed by atoms with E-state index in [0.29, 0.717) is 50.1 Å². The van der Waals surface area contributed by atoms with Crippen molar-refractivity contribution in [1.82, 2.24) is 25.1 Å². The molecule has 0 aliphatic carbocycles. The molecular weight excluding hydrogens is 484 g/mol. The number of amides is 3. The number of hydrogen-bond acceptors (Lipinski definition) is 8. The number of carbonyl (C=O) groups excluding carboxylic acids is 2. The van der Waals surface area contributed by atoms with Crippen LogP contribution < -0.4 is 11.1 Å². The molecule has 0 saturated heterocycles. The highest BCUT2D eigenvalue weighted by atomic mass is 16.4. The third kappa shape index (κ3) is 5.72. The van der Waals surface area contributed by atoms with Gasteiger partial charge in [0.25, 0.3) is 5.91 Å². The average molecular weight is 517 g/mol. The third-order valence-corrected chi connectivity index (χ3v) is 6.84. The summed E-state index contributed by atoms with van der Waals surface area (Å²) >= 11 is 0. The molecule has 2 aliphatic heterocycles. The first kappa shape index (κ1) is 25.5. The number of pyridine rings is 1. The Morgan fingerprint density at radius 3 is 2.61 bits per heavy atom. The number of anilines is 1. The normalized spacial score (nSPS) is 16.9. The number of fused-ring (bicyclic) bond motifs is 1. The molecule has 0 fully saturated rings. The molecule has 11 nitrogen and oxygen atoms in total. The lowest BCUT2D eigenvalue weighted by molar-refractivity contribution is -0.134. The molecular formula is C27H32N8O3. The van der Waals surface area contributed by atoms with Gasteiger partial charge in [-0.3, -0.25) is 9.78 Å². The van der Waals surface area contributed by atoms with Gasteiger partial charge >= 0.3 is 6.03 Å². The van der Waals surface area contributed by atoms with Gasteiger partial charge in [0, 0.05) is 51.1 Å². The first-order chi connectivity index (χ1) is 18.5. The fraction of sp³-hybridized carbons (Fsp3) is 0.407. The average Bonchev–Trinajstić information content (AvgIpc) is 3.56. The molecule has 4 heterocycles. The molecule has 0 spiro atoms. The van der Waals surface area contributed by atoms with Gasteiger partial charge < -0.3 is 20.4 Å². The Kier molecular flexibility index (Phi) is 7.73. The molecule has 2 aromatic heterocycles. The van der Waals surface area contributed by atoms with Crippen molar-refractivity contribution in [3.05, 3.63) is 71.2 Å². The fourth-order valence-electron chi connectivity index (χ4n) is 4.75. The monoisotopic (exact) mass is 516 g/mol. The molecule has 1 unspecified atom stereocenters. The highest BCUT2D eigenvalue weighted by molar-refractivity contribution is 6.06. The summed E-state index contributed by atoms with van der Waals surface area (Å²) < 4.78 is 5.62. The summed E-state index contributed by atoms with van der Waals surface area (Å²) in [5.74, 6) is 0.00158. The minimum atomic E-state index is -0.585. The van der Waals surface area contributed by atoms with Gasteiger partial charge in [-0.25, -0.2) is 9.80 Å². The lowest BCUT2D eigenvalue weighted by Gasteiger charge is -2.28. The molecule has 5 rings (SSSR count). The molecule has 11 heteroatoms. The highest BCUT2D eigenvalue weighted by Gasteiger charge is 2.36. The van der Waals surface area contributed by atoms with Crippen molar-refractivity contribution in [3.8, 4) is 0 Å². The maximum atomic E-state index is 13.2. The molecule has 2 aliphatic rings. The molecule has 1 atom stereocenters. The van der Waals surface area contributed by atoms with Crippen molar-refractivity contribution < 1.29 is 14.0 Å². The summed E-state index contributed by atoms with van der Waals surface area (Å²) in [5.41, 5.74) is 10.1. The molecule has 0 radical (unpaired) electrons. The van der Waals surface area contributed by atoms with Crippen LogP contribution in [0.2, 0.25) is 0 Å². The molecule has 0 bridgehead atoms. The smallest absolute Gasteiger partial charge is 0.322 e. The zero-order valence-electron chi connectivity index (χ0n) is 21.5. The van der Waals surface area contributed by atoms with Gasteiger partial charge in [0.15, 0.2) is 0 Å². The number of nitrogens with two attached hydrogens (primary N) is 1. The summed E-state index contributed by atoms with van der Waals surface area (Å²) in [6.07, 6.45) is 7.71. The number of rotatable bonds is 9. The third-order valence-electron chi connectivity index (χ3n) is 6.84. The van der Waals surface area contributed by atoms with Crippen molar-refractivity contribution in [3.63, 3.8) is 0 Å². The van der Waals surface area contributed by atoms with Gasteiger partial charge in [0.2, 0.25) is 11.8 Å². The zero-order chi connectivity index (χ0) is 26.5. The van der Waals surface area contributed by atoms with Crippen LogP contribution in [-0.4, -0.2) is 55.8 Å². The van der Waals surface area contributed by atoms with Gasteiger partial charge in [-0.15, -0.1) is 10.2 Å². The number of unbranched alkanes of at least 4 members (excludes halogenated alkanes) is 3. The van der Waals surface area contributed by atoms with Crippen LogP contribution in [0.25, 0.3) is 0 Å². The predicted molar refractivity (Wildman–Crippen MR) is 141 cm³/mol. The Hall–Kier alpha value is -4.12. The van der Waals surface area contributed by atoms with Crippen LogP contribution >= 0.6 is 0 Å². The van der Waals surface area contributed by atoms with E-state index in [1.807, 2.05) is 30.3 Å². The van der Waals surface area contributed by atoms with Crippen LogP contribution in [-0.2, 0) is 17.9 Å². The topological polar surface area (TPSA) is 143 Å². The van der Waals surface area contributed by atoms with Gasteiger partial charge in [0.1, 0.15) is 5.92 Å². The lowest BCUT2D eigenvalue weighted by atomic mass is 9.94. The van der Waals surface area contributed by atoms with Gasteiger partial charge in [-0.1, -0.05) is 25.0 Å². The number of hydrazone groups is 1. The van der Waals surface area contributed by atoms with E-state index in [1.54, 1.807) is 24.2 Å². The van der Waals surface area contributed by atoms with E-state index < -0.39 is 5.92 Å². The largest absolute Gasteiger partial charge is 0.425 e. The first-order valence-electron chi connectivity index (χ1n) is 13.0. The van der Waals surface area contributed by atoms with Gasteiger partial charge in [-0.2, -0.15) is 5.10 Å². The summed E-state index contributed by atoms with van der Waals surface area (Å²) in [6, 6.07) is 9.28. The number of hydrogen-bond donors (Lipinski definition) is 2. The highest BCUT2D eigenvalue weighted by Crippen LogP contribution is 2.29. The van der Waals surface area contributed by atoms with Crippen LogP contribution in [0, 0.1) is 6.92 Å². The van der Waals surface area contributed by atoms with Crippen molar-refractivity contribution in [2.45, 2.75) is 58.0 Å². The summed E-state index contributed by atoms with van der Waals surface area (Å²) in [6.45, 7) is 3.99. The number of aryl methyl sites for hydroxylation is 1. The molecule has 3 N–H and O–H groups in total. The van der Waals surface area contributed by atoms with Crippen molar-refractivity contribution in [1.29, 1.82) is 0 Å². The first-order valence-corrected chi connectivity index (χ1v) is 13.0. The second kappa shape index (κ2) is 11.5. The van der Waals surface area contributed by atoms with Gasteiger partial charge in [-0.05, 0) is 54.3 Å². The Balaban J connectivity index is 1.28. The summed E-state index contributed by atoms with van der Waals surface area (Å²) in [4.78, 5) is 31.9. The van der Waals surface area contributed by atoms with Crippen LogP contribution in [0.4, 0.5) is 10.5 Å². The second-order valence-electron chi connectivity index (χ2n) is 9.63. The zero-order valence-corrected chi connectivity index (χ0v) is 21.5. The fourth-order valence-corrected chi connectivity index (χ4v) is 4.75. The van der Waals surface area contributed by atoms with Crippen LogP contribution in [0.15, 0.2) is 52.2 Å². The lowest BCUT2D eigenvalue weighted by Crippen LogP contribution is -2.38. The van der Waals surface area contributed by atoms with E-state index in [0.717, 1.165) is 48.1 Å². The quantitative estimate of drug-likeness (QED) is 0.414.